The van der Waals surface area contributed by atoms with E-state index in [4.69, 9.17) is 4.74 Å². The first-order chi connectivity index (χ1) is 10.8. The van der Waals surface area contributed by atoms with Crippen molar-refractivity contribution < 1.29 is 13.7 Å². The molecule has 0 aromatic heterocycles. The number of hydrogen-bond acceptors (Lipinski definition) is 3. The lowest BCUT2D eigenvalue weighted by atomic mass is 9.60. The number of nitrogens with one attached hydrogen (secondary N) is 2. The predicted octanol–water partition coefficient (Wildman–Crippen LogP) is 2.57. The van der Waals surface area contributed by atoms with Gasteiger partial charge in [-0.2, -0.15) is 0 Å². The average Bonchev–Trinajstić information content (AvgIpc) is 2.97. The Morgan fingerprint density at radius 3 is 2.52 bits per heavy atom. The molecule has 0 aliphatic heterocycles. The Bertz CT molecular complexity index is 442. The third-order valence-electron chi connectivity index (χ3n) is 5.25. The topological polar surface area (TPSA) is 67.4 Å². The zero-order valence-corrected chi connectivity index (χ0v) is 15.8. The third-order valence-corrected chi connectivity index (χ3v) is 7.19. The van der Waals surface area contributed by atoms with Crippen molar-refractivity contribution in [3.63, 3.8) is 0 Å². The first-order valence-corrected chi connectivity index (χ1v) is 10.2. The maximum absolute atomic E-state index is 12.1. The molecule has 0 unspecified atom stereocenters. The molecule has 0 bridgehead atoms. The van der Waals surface area contributed by atoms with E-state index in [-0.39, 0.29) is 22.2 Å². The highest BCUT2D eigenvalue weighted by Crippen LogP contribution is 2.54. The highest BCUT2D eigenvalue weighted by Gasteiger charge is 2.57. The molecule has 2 aliphatic rings. The van der Waals surface area contributed by atoms with E-state index in [1.807, 2.05) is 27.7 Å². The Balaban J connectivity index is 1.76. The summed E-state index contributed by atoms with van der Waals surface area (Å²) in [6, 6.07) is 0.0804. The standard InChI is InChI=1S/C17H32N2O3S/c1-5-22-14-12-13(17(14)8-6-7-9-17)19-15(20)18-10-11-23(21)16(2,3)4/h13-14H,5-12H2,1-4H3,(H2,18,19,20)/t13-,14-,23-/m1/s1. The normalized spacial score (nSPS) is 27.5. The van der Waals surface area contributed by atoms with Crippen LogP contribution in [0.4, 0.5) is 4.79 Å². The lowest BCUT2D eigenvalue weighted by Gasteiger charge is -2.53. The zero-order chi connectivity index (χ0) is 17.1. The van der Waals surface area contributed by atoms with Gasteiger partial charge in [-0.25, -0.2) is 4.79 Å². The van der Waals surface area contributed by atoms with Gasteiger partial charge in [0.15, 0.2) is 0 Å². The lowest BCUT2D eigenvalue weighted by molar-refractivity contribution is -0.126. The Labute approximate surface area is 142 Å². The van der Waals surface area contributed by atoms with Gasteiger partial charge in [0, 0.05) is 45.9 Å². The lowest BCUT2D eigenvalue weighted by Crippen LogP contribution is -2.64. The number of amides is 2. The molecule has 23 heavy (non-hydrogen) atoms. The molecule has 5 nitrogen and oxygen atoms in total. The van der Waals surface area contributed by atoms with E-state index in [9.17, 15) is 9.00 Å². The largest absolute Gasteiger partial charge is 0.378 e. The monoisotopic (exact) mass is 344 g/mol. The van der Waals surface area contributed by atoms with Gasteiger partial charge in [0.25, 0.3) is 0 Å². The number of hydrogen-bond donors (Lipinski definition) is 2. The second-order valence-corrected chi connectivity index (χ2v) is 10.1. The van der Waals surface area contributed by atoms with Crippen LogP contribution in [0, 0.1) is 5.41 Å². The van der Waals surface area contributed by atoms with Crippen LogP contribution in [0.2, 0.25) is 0 Å². The molecular weight excluding hydrogens is 312 g/mol. The molecule has 0 saturated heterocycles. The minimum Gasteiger partial charge on any atom is -0.378 e. The van der Waals surface area contributed by atoms with E-state index < -0.39 is 10.8 Å². The molecule has 2 aliphatic carbocycles. The molecule has 6 heteroatoms. The van der Waals surface area contributed by atoms with Crippen LogP contribution in [0.25, 0.3) is 0 Å². The second-order valence-electron chi connectivity index (χ2n) is 7.73. The van der Waals surface area contributed by atoms with Gasteiger partial charge in [-0.05, 0) is 47.0 Å². The van der Waals surface area contributed by atoms with Crippen molar-refractivity contribution in [3.8, 4) is 0 Å². The summed E-state index contributed by atoms with van der Waals surface area (Å²) in [5.74, 6) is 0.494. The van der Waals surface area contributed by atoms with Crippen LogP contribution in [-0.2, 0) is 15.5 Å². The van der Waals surface area contributed by atoms with Gasteiger partial charge >= 0.3 is 6.03 Å². The Kier molecular flexibility index (Phi) is 6.11. The highest BCUT2D eigenvalue weighted by molar-refractivity contribution is 7.86. The smallest absolute Gasteiger partial charge is 0.315 e. The molecule has 0 aromatic rings. The average molecular weight is 345 g/mol. The van der Waals surface area contributed by atoms with E-state index in [1.165, 1.54) is 12.8 Å². The van der Waals surface area contributed by atoms with Crippen molar-refractivity contribution in [1.82, 2.24) is 10.6 Å². The quantitative estimate of drug-likeness (QED) is 0.778. The molecule has 134 valence electrons. The van der Waals surface area contributed by atoms with E-state index in [0.717, 1.165) is 25.9 Å². The number of carbonyl (C=O) groups excluding carboxylic acids is 1. The molecule has 0 radical (unpaired) electrons. The van der Waals surface area contributed by atoms with E-state index >= 15 is 0 Å². The van der Waals surface area contributed by atoms with Crippen molar-refractivity contribution >= 4 is 16.8 Å². The molecular formula is C17H32N2O3S. The molecule has 2 amide bonds. The molecule has 2 saturated carbocycles. The van der Waals surface area contributed by atoms with Gasteiger partial charge in [0.05, 0.1) is 6.10 Å². The number of ether oxygens (including phenoxy) is 1. The Morgan fingerprint density at radius 2 is 1.96 bits per heavy atom. The van der Waals surface area contributed by atoms with Crippen LogP contribution in [0.3, 0.4) is 0 Å². The van der Waals surface area contributed by atoms with Crippen molar-refractivity contribution in [3.05, 3.63) is 0 Å². The molecule has 2 rings (SSSR count). The fraction of sp³-hybridized carbons (Fsp3) is 0.941. The second kappa shape index (κ2) is 7.51. The number of urea groups is 1. The van der Waals surface area contributed by atoms with E-state index in [0.29, 0.717) is 18.4 Å². The first kappa shape index (κ1) is 18.7. The molecule has 1 spiro atoms. The molecule has 0 heterocycles. The summed E-state index contributed by atoms with van der Waals surface area (Å²) in [6.07, 6.45) is 5.97. The maximum atomic E-state index is 12.1. The molecule has 0 aromatic carbocycles. The minimum absolute atomic E-state index is 0.137. The fourth-order valence-corrected chi connectivity index (χ4v) is 4.76. The van der Waals surface area contributed by atoms with Crippen LogP contribution in [0.15, 0.2) is 0 Å². The Morgan fingerprint density at radius 1 is 1.30 bits per heavy atom. The van der Waals surface area contributed by atoms with Gasteiger partial charge in [-0.3, -0.25) is 4.21 Å². The summed E-state index contributed by atoms with van der Waals surface area (Å²) in [6.45, 7) is 9.08. The zero-order valence-electron chi connectivity index (χ0n) is 14.9. The van der Waals surface area contributed by atoms with Gasteiger partial charge < -0.3 is 15.4 Å². The van der Waals surface area contributed by atoms with E-state index in [2.05, 4.69) is 10.6 Å². The van der Waals surface area contributed by atoms with Gasteiger partial charge in [-0.1, -0.05) is 12.8 Å². The van der Waals surface area contributed by atoms with Crippen LogP contribution in [0.1, 0.15) is 59.8 Å². The number of rotatable bonds is 6. The van der Waals surface area contributed by atoms with Crippen LogP contribution >= 0.6 is 0 Å². The summed E-state index contributed by atoms with van der Waals surface area (Å²) in [5.41, 5.74) is 0.154. The summed E-state index contributed by atoms with van der Waals surface area (Å²) in [7, 11) is -0.934. The van der Waals surface area contributed by atoms with Gasteiger partial charge in [0.1, 0.15) is 0 Å². The summed E-state index contributed by atoms with van der Waals surface area (Å²) in [5, 5.41) is 5.98. The van der Waals surface area contributed by atoms with Crippen LogP contribution in [-0.4, -0.2) is 46.0 Å². The summed E-state index contributed by atoms with van der Waals surface area (Å²) >= 11 is 0. The number of carbonyl (C=O) groups is 1. The maximum Gasteiger partial charge on any atom is 0.315 e. The van der Waals surface area contributed by atoms with Crippen LogP contribution < -0.4 is 10.6 Å². The summed E-state index contributed by atoms with van der Waals surface area (Å²) in [4.78, 5) is 12.1. The van der Waals surface area contributed by atoms with Gasteiger partial charge in [-0.15, -0.1) is 0 Å². The SMILES string of the molecule is CCO[C@@H]1C[C@@H](NC(=O)NCC[S@@](=O)C(C)(C)C)C12CCCC2. The Hall–Kier alpha value is -0.620. The van der Waals surface area contributed by atoms with Crippen molar-refractivity contribution in [2.75, 3.05) is 18.9 Å². The molecule has 3 atom stereocenters. The van der Waals surface area contributed by atoms with Crippen LogP contribution in [0.5, 0.6) is 0 Å². The minimum atomic E-state index is -0.934. The fourth-order valence-electron chi connectivity index (χ4n) is 3.86. The third kappa shape index (κ3) is 4.27. The van der Waals surface area contributed by atoms with E-state index in [1.54, 1.807) is 0 Å². The van der Waals surface area contributed by atoms with Crippen molar-refractivity contribution in [2.24, 2.45) is 5.41 Å². The van der Waals surface area contributed by atoms with Crippen molar-refractivity contribution in [2.45, 2.75) is 76.7 Å². The van der Waals surface area contributed by atoms with Gasteiger partial charge in [0.2, 0.25) is 0 Å². The molecule has 2 fully saturated rings. The van der Waals surface area contributed by atoms with Crippen molar-refractivity contribution in [1.29, 1.82) is 0 Å². The molecule has 2 N–H and O–H groups in total. The summed E-state index contributed by atoms with van der Waals surface area (Å²) < 4.78 is 17.6. The highest BCUT2D eigenvalue weighted by atomic mass is 32.2. The first-order valence-electron chi connectivity index (χ1n) is 8.84. The predicted molar refractivity (Wildman–Crippen MR) is 94.0 cm³/mol.